The molecule has 1 aliphatic heterocycles. The van der Waals surface area contributed by atoms with Gasteiger partial charge in [0.15, 0.2) is 0 Å². The fourth-order valence-electron chi connectivity index (χ4n) is 2.93. The van der Waals surface area contributed by atoms with Crippen molar-refractivity contribution in [1.82, 2.24) is 4.90 Å². The smallest absolute Gasteiger partial charge is 0.411 e. The molecule has 6 nitrogen and oxygen atoms in total. The van der Waals surface area contributed by atoms with Crippen LogP contribution < -0.4 is 4.74 Å². The highest BCUT2D eigenvalue weighted by molar-refractivity contribution is 6.30. The van der Waals surface area contributed by atoms with Gasteiger partial charge in [-0.2, -0.15) is 0 Å². The summed E-state index contributed by atoms with van der Waals surface area (Å²) in [5.74, 6) is 0.199. The number of carbonyl (C=O) groups is 2. The molecule has 1 aromatic carbocycles. The molecular formula is C21H30ClNO5. The molecule has 0 N–H and O–H groups in total. The molecule has 2 atom stereocenters. The van der Waals surface area contributed by atoms with Crippen LogP contribution in [0.15, 0.2) is 24.3 Å². The van der Waals surface area contributed by atoms with E-state index >= 15 is 0 Å². The van der Waals surface area contributed by atoms with Crippen molar-refractivity contribution in [2.45, 2.75) is 65.2 Å². The van der Waals surface area contributed by atoms with Crippen molar-refractivity contribution in [3.05, 3.63) is 29.3 Å². The van der Waals surface area contributed by atoms with Crippen LogP contribution in [-0.2, 0) is 14.3 Å². The molecule has 0 aromatic heterocycles. The van der Waals surface area contributed by atoms with Gasteiger partial charge in [0, 0.05) is 17.5 Å². The number of esters is 1. The zero-order valence-electron chi connectivity index (χ0n) is 17.5. The van der Waals surface area contributed by atoms with E-state index in [0.717, 1.165) is 0 Å². The quantitative estimate of drug-likeness (QED) is 0.672. The molecule has 1 heterocycles. The summed E-state index contributed by atoms with van der Waals surface area (Å²) in [4.78, 5) is 26.8. The topological polar surface area (TPSA) is 65.1 Å². The number of hydrogen-bond acceptors (Lipinski definition) is 5. The van der Waals surface area contributed by atoms with Gasteiger partial charge in [0.2, 0.25) is 0 Å². The van der Waals surface area contributed by atoms with Gasteiger partial charge in [-0.1, -0.05) is 17.7 Å². The lowest BCUT2D eigenvalue weighted by Gasteiger charge is -2.29. The Balaban J connectivity index is 2.09. The average molecular weight is 412 g/mol. The number of amides is 1. The summed E-state index contributed by atoms with van der Waals surface area (Å²) in [5, 5.41) is 0.589. The van der Waals surface area contributed by atoms with E-state index in [1.54, 1.807) is 53.7 Å². The SMILES string of the molecule is CC(C)(C)OC(=O)C1CC(COc2cccc(Cl)c2)CN1C(=O)OC(C)(C)C. The van der Waals surface area contributed by atoms with E-state index in [9.17, 15) is 9.59 Å². The maximum Gasteiger partial charge on any atom is 0.411 e. The van der Waals surface area contributed by atoms with E-state index in [1.807, 2.05) is 12.1 Å². The van der Waals surface area contributed by atoms with Crippen molar-refractivity contribution in [1.29, 1.82) is 0 Å². The Hall–Kier alpha value is -1.95. The second-order valence-electron chi connectivity index (χ2n) is 9.05. The number of nitrogens with zero attached hydrogens (tertiary/aromatic N) is 1. The molecule has 0 radical (unpaired) electrons. The van der Waals surface area contributed by atoms with Gasteiger partial charge in [0.25, 0.3) is 0 Å². The predicted octanol–water partition coefficient (Wildman–Crippen LogP) is 4.69. The van der Waals surface area contributed by atoms with Crippen LogP contribution in [0.3, 0.4) is 0 Å². The summed E-state index contributed by atoms with van der Waals surface area (Å²) in [6.07, 6.45) is -0.0667. The number of ether oxygens (including phenoxy) is 3. The van der Waals surface area contributed by atoms with Crippen molar-refractivity contribution in [3.8, 4) is 5.75 Å². The van der Waals surface area contributed by atoms with Gasteiger partial charge in [0.1, 0.15) is 23.0 Å². The molecule has 1 amide bonds. The summed E-state index contributed by atoms with van der Waals surface area (Å²) in [6, 6.07) is 6.43. The van der Waals surface area contributed by atoms with Crippen LogP contribution >= 0.6 is 11.6 Å². The third-order valence-electron chi connectivity index (χ3n) is 3.98. The van der Waals surface area contributed by atoms with Crippen molar-refractivity contribution in [2.75, 3.05) is 13.2 Å². The van der Waals surface area contributed by atoms with Gasteiger partial charge in [-0.05, 0) is 66.2 Å². The molecule has 2 rings (SSSR count). The summed E-state index contributed by atoms with van der Waals surface area (Å²) < 4.78 is 16.8. The van der Waals surface area contributed by atoms with E-state index in [4.69, 9.17) is 25.8 Å². The predicted molar refractivity (Wildman–Crippen MR) is 108 cm³/mol. The molecule has 1 aliphatic rings. The van der Waals surface area contributed by atoms with Gasteiger partial charge < -0.3 is 14.2 Å². The van der Waals surface area contributed by atoms with Gasteiger partial charge >= 0.3 is 12.1 Å². The maximum atomic E-state index is 12.7. The number of benzene rings is 1. The van der Waals surface area contributed by atoms with Crippen LogP contribution in [0, 0.1) is 5.92 Å². The minimum absolute atomic E-state index is 0.0241. The Morgan fingerprint density at radius 1 is 1.11 bits per heavy atom. The average Bonchev–Trinajstić information content (AvgIpc) is 2.94. The van der Waals surface area contributed by atoms with Crippen molar-refractivity contribution < 1.29 is 23.8 Å². The minimum Gasteiger partial charge on any atom is -0.493 e. The molecule has 7 heteroatoms. The number of hydrogen-bond donors (Lipinski definition) is 0. The van der Waals surface area contributed by atoms with E-state index in [0.29, 0.717) is 30.3 Å². The molecule has 28 heavy (non-hydrogen) atoms. The Bertz CT molecular complexity index is 671. The highest BCUT2D eigenvalue weighted by atomic mass is 35.5. The molecule has 0 bridgehead atoms. The first-order valence-corrected chi connectivity index (χ1v) is 9.83. The lowest BCUT2D eigenvalue weighted by atomic mass is 10.1. The number of carbonyl (C=O) groups excluding carboxylic acids is 2. The normalized spacial score (nSPS) is 20.0. The Morgan fingerprint density at radius 3 is 2.32 bits per heavy atom. The molecule has 156 valence electrons. The number of halogens is 1. The largest absolute Gasteiger partial charge is 0.493 e. The second kappa shape index (κ2) is 8.60. The zero-order valence-corrected chi connectivity index (χ0v) is 18.2. The second-order valence-corrected chi connectivity index (χ2v) is 9.49. The summed E-state index contributed by atoms with van der Waals surface area (Å²) in [5.41, 5.74) is -1.28. The molecule has 2 unspecified atom stereocenters. The Kier molecular flexibility index (Phi) is 6.86. The van der Waals surface area contributed by atoms with E-state index in [1.165, 1.54) is 4.90 Å². The van der Waals surface area contributed by atoms with Crippen molar-refractivity contribution >= 4 is 23.7 Å². The van der Waals surface area contributed by atoms with Gasteiger partial charge in [0.05, 0.1) is 6.61 Å². The van der Waals surface area contributed by atoms with Crippen LogP contribution in [0.25, 0.3) is 0 Å². The lowest BCUT2D eigenvalue weighted by Crippen LogP contribution is -2.45. The third-order valence-corrected chi connectivity index (χ3v) is 4.21. The van der Waals surface area contributed by atoms with E-state index in [2.05, 4.69) is 0 Å². The third kappa shape index (κ3) is 6.89. The van der Waals surface area contributed by atoms with Crippen LogP contribution in [0.5, 0.6) is 5.75 Å². The first-order valence-electron chi connectivity index (χ1n) is 9.45. The summed E-state index contributed by atoms with van der Waals surface area (Å²) >= 11 is 5.98. The van der Waals surface area contributed by atoms with Crippen molar-refractivity contribution in [3.63, 3.8) is 0 Å². The van der Waals surface area contributed by atoms with Crippen LogP contribution in [0.1, 0.15) is 48.0 Å². The monoisotopic (exact) mass is 411 g/mol. The minimum atomic E-state index is -0.693. The lowest BCUT2D eigenvalue weighted by molar-refractivity contribution is -0.160. The standard InChI is InChI=1S/C21H30ClNO5/c1-20(2,3)27-18(24)17-10-14(12-23(17)19(25)28-21(4,5)6)13-26-16-9-7-8-15(22)11-16/h7-9,11,14,17H,10,12-13H2,1-6H3. The van der Waals surface area contributed by atoms with Crippen LogP contribution in [-0.4, -0.2) is 47.4 Å². The highest BCUT2D eigenvalue weighted by Gasteiger charge is 2.43. The Labute approximate surface area is 172 Å². The summed E-state index contributed by atoms with van der Waals surface area (Å²) in [6.45, 7) is 11.5. The number of rotatable bonds is 4. The first kappa shape index (κ1) is 22.3. The molecule has 0 spiro atoms. The fourth-order valence-corrected chi connectivity index (χ4v) is 3.11. The number of likely N-dealkylation sites (tertiary alicyclic amines) is 1. The van der Waals surface area contributed by atoms with Crippen LogP contribution in [0.2, 0.25) is 5.02 Å². The first-order chi connectivity index (χ1) is 12.8. The van der Waals surface area contributed by atoms with Gasteiger partial charge in [-0.3, -0.25) is 4.90 Å². The van der Waals surface area contributed by atoms with E-state index < -0.39 is 29.3 Å². The fraction of sp³-hybridized carbons (Fsp3) is 0.619. The van der Waals surface area contributed by atoms with E-state index in [-0.39, 0.29) is 5.92 Å². The van der Waals surface area contributed by atoms with Crippen LogP contribution in [0.4, 0.5) is 4.79 Å². The molecule has 1 fully saturated rings. The molecule has 0 saturated carbocycles. The van der Waals surface area contributed by atoms with Gasteiger partial charge in [-0.15, -0.1) is 0 Å². The molecular weight excluding hydrogens is 382 g/mol. The summed E-state index contributed by atoms with van der Waals surface area (Å²) in [7, 11) is 0. The molecule has 0 aliphatic carbocycles. The molecule has 1 saturated heterocycles. The zero-order chi connectivity index (χ0) is 21.1. The van der Waals surface area contributed by atoms with Crippen molar-refractivity contribution in [2.24, 2.45) is 5.92 Å². The Morgan fingerprint density at radius 2 is 1.75 bits per heavy atom. The molecule has 1 aromatic rings. The van der Waals surface area contributed by atoms with Gasteiger partial charge in [-0.25, -0.2) is 9.59 Å². The highest BCUT2D eigenvalue weighted by Crippen LogP contribution is 2.29. The maximum absolute atomic E-state index is 12.7.